The monoisotopic (exact) mass is 126 g/mol. The van der Waals surface area contributed by atoms with E-state index >= 15 is 0 Å². The predicted octanol–water partition coefficient (Wildman–Crippen LogP) is 0.226. The molecule has 1 atom stereocenters. The molecule has 1 aliphatic carbocycles. The van der Waals surface area contributed by atoms with Crippen LogP contribution in [0.3, 0.4) is 0 Å². The Bertz CT molecular complexity index is 149. The number of aliphatic hydroxyl groups is 2. The molecule has 1 unspecified atom stereocenters. The zero-order valence-corrected chi connectivity index (χ0v) is 5.12. The van der Waals surface area contributed by atoms with Crippen molar-refractivity contribution in [1.29, 1.82) is 0 Å². The molecule has 2 nitrogen and oxygen atoms in total. The Labute approximate surface area is 54.1 Å². The van der Waals surface area contributed by atoms with Gasteiger partial charge < -0.3 is 10.2 Å². The summed E-state index contributed by atoms with van der Waals surface area (Å²) in [4.78, 5) is 0. The summed E-state index contributed by atoms with van der Waals surface area (Å²) in [6, 6.07) is 0. The molecule has 1 rings (SSSR count). The molecular formula is C7H10O2. The van der Waals surface area contributed by atoms with Crippen LogP contribution in [0.4, 0.5) is 0 Å². The predicted molar refractivity (Wildman–Crippen MR) is 34.9 cm³/mol. The van der Waals surface area contributed by atoms with Gasteiger partial charge in [0.2, 0.25) is 0 Å². The number of allylic oxidation sites excluding steroid dienone is 2. The lowest BCUT2D eigenvalue weighted by molar-refractivity contribution is 0.0291. The van der Waals surface area contributed by atoms with E-state index in [4.69, 9.17) is 5.11 Å². The first-order chi connectivity index (χ1) is 4.27. The van der Waals surface area contributed by atoms with E-state index in [1.807, 2.05) is 12.2 Å². The van der Waals surface area contributed by atoms with E-state index in [2.05, 4.69) is 0 Å². The number of hydrogen-bond donors (Lipinski definition) is 2. The van der Waals surface area contributed by atoms with Crippen LogP contribution in [0.2, 0.25) is 0 Å². The van der Waals surface area contributed by atoms with E-state index in [9.17, 15) is 5.11 Å². The van der Waals surface area contributed by atoms with Crippen molar-refractivity contribution < 1.29 is 10.2 Å². The van der Waals surface area contributed by atoms with Crippen LogP contribution >= 0.6 is 0 Å². The van der Waals surface area contributed by atoms with Crippen molar-refractivity contribution >= 4 is 0 Å². The van der Waals surface area contributed by atoms with Gasteiger partial charge in [-0.15, -0.1) is 0 Å². The van der Waals surface area contributed by atoms with Crippen molar-refractivity contribution in [2.45, 2.75) is 12.0 Å². The van der Waals surface area contributed by atoms with Crippen LogP contribution in [0.25, 0.3) is 0 Å². The van der Waals surface area contributed by atoms with E-state index in [1.165, 1.54) is 0 Å². The fourth-order valence-corrected chi connectivity index (χ4v) is 0.771. The van der Waals surface area contributed by atoms with Gasteiger partial charge in [-0.2, -0.15) is 0 Å². The zero-order valence-electron chi connectivity index (χ0n) is 5.12. The summed E-state index contributed by atoms with van der Waals surface area (Å²) in [7, 11) is 0. The standard InChI is InChI=1S/C7H10O2/c8-6-7(9)4-2-1-3-5-7/h1-4,8-9H,5-6H2. The number of hydrogen-bond acceptors (Lipinski definition) is 2. The van der Waals surface area contributed by atoms with Crippen molar-refractivity contribution in [1.82, 2.24) is 0 Å². The first-order valence-corrected chi connectivity index (χ1v) is 2.94. The maximum Gasteiger partial charge on any atom is 0.109 e. The number of rotatable bonds is 1. The molecular weight excluding hydrogens is 116 g/mol. The molecule has 0 amide bonds. The molecule has 0 heterocycles. The lowest BCUT2D eigenvalue weighted by Crippen LogP contribution is -2.30. The SMILES string of the molecule is OCC1(O)C=CC=CC1. The molecule has 0 aromatic heterocycles. The molecule has 0 saturated carbocycles. The van der Waals surface area contributed by atoms with Gasteiger partial charge in [-0.25, -0.2) is 0 Å². The fourth-order valence-electron chi connectivity index (χ4n) is 0.771. The highest BCUT2D eigenvalue weighted by molar-refractivity contribution is 5.17. The largest absolute Gasteiger partial charge is 0.393 e. The molecule has 0 aliphatic heterocycles. The van der Waals surface area contributed by atoms with Crippen molar-refractivity contribution in [3.8, 4) is 0 Å². The van der Waals surface area contributed by atoms with E-state index in [1.54, 1.807) is 12.2 Å². The average molecular weight is 126 g/mol. The topological polar surface area (TPSA) is 40.5 Å². The van der Waals surface area contributed by atoms with Crippen LogP contribution in [0.1, 0.15) is 6.42 Å². The van der Waals surface area contributed by atoms with Crippen LogP contribution < -0.4 is 0 Å². The van der Waals surface area contributed by atoms with E-state index in [-0.39, 0.29) is 6.61 Å². The lowest BCUT2D eigenvalue weighted by atomic mass is 9.97. The molecule has 0 fully saturated rings. The highest BCUT2D eigenvalue weighted by Crippen LogP contribution is 2.15. The van der Waals surface area contributed by atoms with E-state index in [0.717, 1.165) is 0 Å². The minimum atomic E-state index is -0.991. The van der Waals surface area contributed by atoms with Crippen molar-refractivity contribution in [2.75, 3.05) is 6.61 Å². The van der Waals surface area contributed by atoms with Crippen LogP contribution in [0.5, 0.6) is 0 Å². The Morgan fingerprint density at radius 3 is 2.56 bits per heavy atom. The van der Waals surface area contributed by atoms with Crippen molar-refractivity contribution in [2.24, 2.45) is 0 Å². The van der Waals surface area contributed by atoms with E-state index in [0.29, 0.717) is 6.42 Å². The van der Waals surface area contributed by atoms with Gasteiger partial charge in [0.1, 0.15) is 5.60 Å². The normalized spacial score (nSPS) is 33.1. The molecule has 0 aromatic rings. The summed E-state index contributed by atoms with van der Waals surface area (Å²) in [5.74, 6) is 0. The molecule has 1 aliphatic rings. The highest BCUT2D eigenvalue weighted by atomic mass is 16.3. The van der Waals surface area contributed by atoms with Crippen molar-refractivity contribution in [3.05, 3.63) is 24.3 Å². The Balaban J connectivity index is 2.63. The quantitative estimate of drug-likeness (QED) is 0.528. The third kappa shape index (κ3) is 1.40. The van der Waals surface area contributed by atoms with Crippen LogP contribution in [-0.2, 0) is 0 Å². The van der Waals surface area contributed by atoms with Gasteiger partial charge in [0.15, 0.2) is 0 Å². The average Bonchev–Trinajstić information content (AvgIpc) is 1.90. The Hall–Kier alpha value is -0.600. The molecule has 0 saturated heterocycles. The van der Waals surface area contributed by atoms with Gasteiger partial charge in [-0.1, -0.05) is 24.3 Å². The molecule has 50 valence electrons. The second kappa shape index (κ2) is 2.33. The zero-order chi connectivity index (χ0) is 6.74. The first-order valence-electron chi connectivity index (χ1n) is 2.94. The second-order valence-electron chi connectivity index (χ2n) is 2.25. The molecule has 0 aromatic carbocycles. The van der Waals surface area contributed by atoms with Gasteiger partial charge in [-0.3, -0.25) is 0 Å². The first kappa shape index (κ1) is 6.52. The summed E-state index contributed by atoms with van der Waals surface area (Å²) in [5.41, 5.74) is -0.991. The summed E-state index contributed by atoms with van der Waals surface area (Å²) in [6.45, 7) is -0.201. The lowest BCUT2D eigenvalue weighted by Gasteiger charge is -2.21. The maximum atomic E-state index is 9.29. The highest BCUT2D eigenvalue weighted by Gasteiger charge is 2.21. The third-order valence-electron chi connectivity index (χ3n) is 1.40. The molecule has 0 spiro atoms. The van der Waals surface area contributed by atoms with Crippen LogP contribution in [0.15, 0.2) is 24.3 Å². The Kier molecular flexibility index (Phi) is 1.69. The summed E-state index contributed by atoms with van der Waals surface area (Å²) in [6.07, 6.45) is 7.53. The third-order valence-corrected chi connectivity index (χ3v) is 1.40. The number of aliphatic hydroxyl groups excluding tert-OH is 1. The maximum absolute atomic E-state index is 9.29. The van der Waals surface area contributed by atoms with Gasteiger partial charge in [0.05, 0.1) is 6.61 Å². The summed E-state index contributed by atoms with van der Waals surface area (Å²) < 4.78 is 0. The van der Waals surface area contributed by atoms with Crippen LogP contribution in [0, 0.1) is 0 Å². The molecule has 0 bridgehead atoms. The molecule has 2 heteroatoms. The van der Waals surface area contributed by atoms with Gasteiger partial charge in [0, 0.05) is 6.42 Å². The van der Waals surface area contributed by atoms with Crippen LogP contribution in [-0.4, -0.2) is 22.4 Å². The molecule has 0 radical (unpaired) electrons. The Morgan fingerprint density at radius 1 is 1.44 bits per heavy atom. The van der Waals surface area contributed by atoms with Crippen molar-refractivity contribution in [3.63, 3.8) is 0 Å². The minimum Gasteiger partial charge on any atom is -0.393 e. The summed E-state index contributed by atoms with van der Waals surface area (Å²) >= 11 is 0. The van der Waals surface area contributed by atoms with Gasteiger partial charge >= 0.3 is 0 Å². The summed E-state index contributed by atoms with van der Waals surface area (Å²) in [5, 5.41) is 17.9. The Morgan fingerprint density at radius 2 is 2.22 bits per heavy atom. The van der Waals surface area contributed by atoms with E-state index < -0.39 is 5.60 Å². The molecule has 9 heavy (non-hydrogen) atoms. The molecule has 2 N–H and O–H groups in total. The fraction of sp³-hybridized carbons (Fsp3) is 0.429. The van der Waals surface area contributed by atoms with Gasteiger partial charge in [-0.05, 0) is 0 Å². The smallest absolute Gasteiger partial charge is 0.109 e. The second-order valence-corrected chi connectivity index (χ2v) is 2.25. The minimum absolute atomic E-state index is 0.201. The van der Waals surface area contributed by atoms with Gasteiger partial charge in [0.25, 0.3) is 0 Å².